The molecule has 1 aromatic rings. The van der Waals surface area contributed by atoms with Crippen LogP contribution in [0.25, 0.3) is 0 Å². The van der Waals surface area contributed by atoms with Crippen LogP contribution in [-0.2, 0) is 0 Å². The molecular formula is C8H10BrNO2. The zero-order valence-corrected chi connectivity index (χ0v) is 8.50. The molecule has 66 valence electrons. The minimum Gasteiger partial charge on any atom is -0.481 e. The standard InChI is InChI=1S/C8H10BrNO2/c1-5(11)7-6(9)3-4-10-8(7)12-2/h3-5,11H,1-2H3. The Morgan fingerprint density at radius 1 is 1.67 bits per heavy atom. The number of methoxy groups -OCH3 is 1. The lowest BCUT2D eigenvalue weighted by Gasteiger charge is -2.10. The molecule has 1 rings (SSSR count). The number of hydrogen-bond donors (Lipinski definition) is 1. The Balaban J connectivity index is 3.20. The van der Waals surface area contributed by atoms with E-state index >= 15 is 0 Å². The normalized spacial score (nSPS) is 12.7. The van der Waals surface area contributed by atoms with Crippen LogP contribution in [0.5, 0.6) is 5.88 Å². The van der Waals surface area contributed by atoms with E-state index in [4.69, 9.17) is 4.74 Å². The molecule has 0 aliphatic carbocycles. The lowest BCUT2D eigenvalue weighted by atomic mass is 10.2. The number of pyridine rings is 1. The minimum absolute atomic E-state index is 0.458. The zero-order valence-electron chi connectivity index (χ0n) is 6.91. The molecule has 0 aliphatic heterocycles. The molecule has 3 nitrogen and oxygen atoms in total. The van der Waals surface area contributed by atoms with E-state index in [1.807, 2.05) is 0 Å². The Bertz CT molecular complexity index is 276. The van der Waals surface area contributed by atoms with Gasteiger partial charge in [0.2, 0.25) is 5.88 Å². The summed E-state index contributed by atoms with van der Waals surface area (Å²) in [6.07, 6.45) is 1.04. The first-order chi connectivity index (χ1) is 5.66. The summed E-state index contributed by atoms with van der Waals surface area (Å²) in [6, 6.07) is 1.77. The molecule has 0 amide bonds. The topological polar surface area (TPSA) is 42.4 Å². The Hall–Kier alpha value is -0.610. The molecular weight excluding hydrogens is 222 g/mol. The molecule has 0 bridgehead atoms. The number of aliphatic hydroxyl groups is 1. The highest BCUT2D eigenvalue weighted by Crippen LogP contribution is 2.29. The van der Waals surface area contributed by atoms with Gasteiger partial charge in [0.1, 0.15) is 0 Å². The first-order valence-corrected chi connectivity index (χ1v) is 4.32. The van der Waals surface area contributed by atoms with Crippen LogP contribution in [0.2, 0.25) is 0 Å². The van der Waals surface area contributed by atoms with Crippen LogP contribution >= 0.6 is 15.9 Å². The molecule has 0 saturated heterocycles. The van der Waals surface area contributed by atoms with Crippen LogP contribution < -0.4 is 4.74 Å². The molecule has 1 atom stereocenters. The molecule has 0 spiro atoms. The van der Waals surface area contributed by atoms with E-state index < -0.39 is 6.10 Å². The second-order valence-electron chi connectivity index (χ2n) is 2.39. The molecule has 1 aromatic heterocycles. The molecule has 0 fully saturated rings. The fourth-order valence-corrected chi connectivity index (χ4v) is 1.59. The highest BCUT2D eigenvalue weighted by Gasteiger charge is 2.12. The van der Waals surface area contributed by atoms with Crippen LogP contribution in [0.4, 0.5) is 0 Å². The second kappa shape index (κ2) is 3.87. The van der Waals surface area contributed by atoms with Gasteiger partial charge in [-0.3, -0.25) is 0 Å². The third kappa shape index (κ3) is 1.76. The third-order valence-corrected chi connectivity index (χ3v) is 2.20. The van der Waals surface area contributed by atoms with Crippen molar-refractivity contribution in [1.29, 1.82) is 0 Å². The van der Waals surface area contributed by atoms with Gasteiger partial charge < -0.3 is 9.84 Å². The summed E-state index contributed by atoms with van der Waals surface area (Å²) in [7, 11) is 1.53. The Labute approximate surface area is 79.5 Å². The van der Waals surface area contributed by atoms with Gasteiger partial charge in [0.25, 0.3) is 0 Å². The molecule has 1 heterocycles. The van der Waals surface area contributed by atoms with Crippen molar-refractivity contribution < 1.29 is 9.84 Å². The summed E-state index contributed by atoms with van der Waals surface area (Å²) >= 11 is 3.31. The second-order valence-corrected chi connectivity index (χ2v) is 3.25. The van der Waals surface area contributed by atoms with Gasteiger partial charge in [0.15, 0.2) is 0 Å². The average Bonchev–Trinajstić information content (AvgIpc) is 2.03. The van der Waals surface area contributed by atoms with Gasteiger partial charge in [0.05, 0.1) is 18.8 Å². The lowest BCUT2D eigenvalue weighted by Crippen LogP contribution is -1.99. The van der Waals surface area contributed by atoms with Gasteiger partial charge in [0, 0.05) is 10.7 Å². The predicted octanol–water partition coefficient (Wildman–Crippen LogP) is 1.91. The molecule has 4 heteroatoms. The van der Waals surface area contributed by atoms with Gasteiger partial charge in [-0.05, 0) is 13.0 Å². The molecule has 0 aliphatic rings. The van der Waals surface area contributed by atoms with E-state index in [0.717, 1.165) is 4.47 Å². The van der Waals surface area contributed by atoms with Crippen LogP contribution in [0.15, 0.2) is 16.7 Å². The number of ether oxygens (including phenoxy) is 1. The number of halogens is 1. The van der Waals surface area contributed by atoms with Crippen LogP contribution in [-0.4, -0.2) is 17.2 Å². The van der Waals surface area contributed by atoms with Gasteiger partial charge in [-0.2, -0.15) is 0 Å². The molecule has 1 N–H and O–H groups in total. The maximum Gasteiger partial charge on any atom is 0.220 e. The fraction of sp³-hybridized carbons (Fsp3) is 0.375. The fourth-order valence-electron chi connectivity index (χ4n) is 0.973. The number of rotatable bonds is 2. The largest absolute Gasteiger partial charge is 0.481 e. The molecule has 12 heavy (non-hydrogen) atoms. The first-order valence-electron chi connectivity index (χ1n) is 3.53. The lowest BCUT2D eigenvalue weighted by molar-refractivity contribution is 0.192. The minimum atomic E-state index is -0.581. The monoisotopic (exact) mass is 231 g/mol. The van der Waals surface area contributed by atoms with Crippen molar-refractivity contribution in [2.24, 2.45) is 0 Å². The smallest absolute Gasteiger partial charge is 0.220 e. The highest BCUT2D eigenvalue weighted by molar-refractivity contribution is 9.10. The molecule has 1 unspecified atom stereocenters. The maximum absolute atomic E-state index is 9.37. The third-order valence-electron chi connectivity index (χ3n) is 1.51. The first kappa shape index (κ1) is 9.48. The van der Waals surface area contributed by atoms with Crippen molar-refractivity contribution in [3.8, 4) is 5.88 Å². The average molecular weight is 232 g/mol. The Morgan fingerprint density at radius 3 is 2.75 bits per heavy atom. The van der Waals surface area contributed by atoms with Crippen molar-refractivity contribution in [3.05, 3.63) is 22.3 Å². The maximum atomic E-state index is 9.37. The summed E-state index contributed by atoms with van der Waals surface area (Å²) in [6.45, 7) is 1.67. The van der Waals surface area contributed by atoms with Crippen molar-refractivity contribution in [1.82, 2.24) is 4.98 Å². The number of aromatic nitrogens is 1. The van der Waals surface area contributed by atoms with E-state index in [2.05, 4.69) is 20.9 Å². The SMILES string of the molecule is COc1nccc(Br)c1C(C)O. The van der Waals surface area contributed by atoms with Gasteiger partial charge in [-0.25, -0.2) is 4.98 Å². The van der Waals surface area contributed by atoms with E-state index in [-0.39, 0.29) is 0 Å². The summed E-state index contributed by atoms with van der Waals surface area (Å²) in [5, 5.41) is 9.37. The van der Waals surface area contributed by atoms with E-state index in [1.54, 1.807) is 19.2 Å². The number of hydrogen-bond acceptors (Lipinski definition) is 3. The van der Waals surface area contributed by atoms with Gasteiger partial charge in [-0.15, -0.1) is 0 Å². The quantitative estimate of drug-likeness (QED) is 0.846. The molecule has 0 saturated carbocycles. The highest BCUT2D eigenvalue weighted by atomic mass is 79.9. The van der Waals surface area contributed by atoms with Crippen LogP contribution in [0, 0.1) is 0 Å². The van der Waals surface area contributed by atoms with Crippen molar-refractivity contribution in [2.45, 2.75) is 13.0 Å². The van der Waals surface area contributed by atoms with Crippen molar-refractivity contribution in [3.63, 3.8) is 0 Å². The molecule has 0 aromatic carbocycles. The summed E-state index contributed by atoms with van der Waals surface area (Å²) < 4.78 is 5.80. The number of nitrogens with zero attached hydrogens (tertiary/aromatic N) is 1. The van der Waals surface area contributed by atoms with Crippen LogP contribution in [0.1, 0.15) is 18.6 Å². The summed E-state index contributed by atoms with van der Waals surface area (Å²) in [5.41, 5.74) is 0.681. The molecule has 0 radical (unpaired) electrons. The number of aliphatic hydroxyl groups excluding tert-OH is 1. The van der Waals surface area contributed by atoms with E-state index in [9.17, 15) is 5.11 Å². The Kier molecular flexibility index (Phi) is 3.05. The van der Waals surface area contributed by atoms with Crippen LogP contribution in [0.3, 0.4) is 0 Å². The zero-order chi connectivity index (χ0) is 9.14. The van der Waals surface area contributed by atoms with Crippen molar-refractivity contribution >= 4 is 15.9 Å². The summed E-state index contributed by atoms with van der Waals surface area (Å²) in [5.74, 6) is 0.458. The van der Waals surface area contributed by atoms with Gasteiger partial charge >= 0.3 is 0 Å². The van der Waals surface area contributed by atoms with Gasteiger partial charge in [-0.1, -0.05) is 15.9 Å². The predicted molar refractivity (Wildman–Crippen MR) is 49.1 cm³/mol. The summed E-state index contributed by atoms with van der Waals surface area (Å²) in [4.78, 5) is 3.97. The van der Waals surface area contributed by atoms with Crippen molar-refractivity contribution in [2.75, 3.05) is 7.11 Å². The van der Waals surface area contributed by atoms with E-state index in [0.29, 0.717) is 11.4 Å². The Morgan fingerprint density at radius 2 is 2.33 bits per heavy atom. The van der Waals surface area contributed by atoms with E-state index in [1.165, 1.54) is 7.11 Å².